The highest BCUT2D eigenvalue weighted by atomic mass is 35.5. The van der Waals surface area contributed by atoms with E-state index >= 15 is 0 Å². The van der Waals surface area contributed by atoms with Gasteiger partial charge in [0.2, 0.25) is 11.9 Å². The second-order valence-corrected chi connectivity index (χ2v) is 6.98. The molecule has 9 nitrogen and oxygen atoms in total. The average molecular weight is 400 g/mol. The molecule has 4 rings (SSSR count). The van der Waals surface area contributed by atoms with Crippen LogP contribution in [0.4, 0.5) is 5.95 Å². The minimum absolute atomic E-state index is 0.0245. The molecule has 1 aliphatic carbocycles. The monoisotopic (exact) mass is 399 g/mol. The number of hydrogen-bond donors (Lipinski definition) is 3. The molecule has 144 valence electrons. The number of nitrogens with zero attached hydrogens (tertiary/aromatic N) is 4. The van der Waals surface area contributed by atoms with E-state index in [0.717, 1.165) is 12.8 Å². The SMILES string of the molecule is CNC(=O)C1CC(Nc2ncc(Cl)c(-c3cnn(-c4ccc[nH]c4=O)c3)n2)C1. The molecule has 1 aliphatic rings. The van der Waals surface area contributed by atoms with Gasteiger partial charge in [0.05, 0.1) is 23.1 Å². The van der Waals surface area contributed by atoms with Crippen LogP contribution in [-0.2, 0) is 4.79 Å². The van der Waals surface area contributed by atoms with E-state index in [9.17, 15) is 9.59 Å². The molecule has 1 fully saturated rings. The molecule has 0 bridgehead atoms. The van der Waals surface area contributed by atoms with Crippen molar-refractivity contribution < 1.29 is 4.79 Å². The number of nitrogens with one attached hydrogen (secondary N) is 3. The highest BCUT2D eigenvalue weighted by Gasteiger charge is 2.34. The fourth-order valence-electron chi connectivity index (χ4n) is 3.15. The highest BCUT2D eigenvalue weighted by Crippen LogP contribution is 2.31. The van der Waals surface area contributed by atoms with Crippen LogP contribution >= 0.6 is 11.6 Å². The average Bonchev–Trinajstić information content (AvgIpc) is 3.15. The highest BCUT2D eigenvalue weighted by molar-refractivity contribution is 6.32. The number of aromatic amines is 1. The predicted octanol–water partition coefficient (Wildman–Crippen LogP) is 1.61. The van der Waals surface area contributed by atoms with Gasteiger partial charge in [-0.25, -0.2) is 14.6 Å². The van der Waals surface area contributed by atoms with Gasteiger partial charge in [-0.15, -0.1) is 0 Å². The van der Waals surface area contributed by atoms with Gasteiger partial charge in [-0.3, -0.25) is 9.59 Å². The van der Waals surface area contributed by atoms with Gasteiger partial charge in [0.25, 0.3) is 5.56 Å². The van der Waals surface area contributed by atoms with Crippen LogP contribution in [0.25, 0.3) is 16.9 Å². The number of amides is 1. The Morgan fingerprint density at radius 1 is 1.36 bits per heavy atom. The second-order valence-electron chi connectivity index (χ2n) is 6.57. The quantitative estimate of drug-likeness (QED) is 0.600. The summed E-state index contributed by atoms with van der Waals surface area (Å²) in [6.45, 7) is 0. The molecule has 0 atom stereocenters. The van der Waals surface area contributed by atoms with Crippen LogP contribution in [0.1, 0.15) is 12.8 Å². The van der Waals surface area contributed by atoms with Gasteiger partial charge >= 0.3 is 0 Å². The summed E-state index contributed by atoms with van der Waals surface area (Å²) in [6, 6.07) is 3.54. The van der Waals surface area contributed by atoms with Crippen LogP contribution < -0.4 is 16.2 Å². The Bertz CT molecular complexity index is 1070. The normalized spacial score (nSPS) is 18.4. The summed E-state index contributed by atoms with van der Waals surface area (Å²) in [7, 11) is 1.64. The van der Waals surface area contributed by atoms with Crippen molar-refractivity contribution in [2.45, 2.75) is 18.9 Å². The smallest absolute Gasteiger partial charge is 0.273 e. The summed E-state index contributed by atoms with van der Waals surface area (Å²) in [5, 5.41) is 10.5. The van der Waals surface area contributed by atoms with Crippen molar-refractivity contribution in [3.63, 3.8) is 0 Å². The van der Waals surface area contributed by atoms with Crippen LogP contribution in [0.2, 0.25) is 5.02 Å². The van der Waals surface area contributed by atoms with Crippen LogP contribution in [-0.4, -0.2) is 43.7 Å². The molecule has 0 aliphatic heterocycles. The van der Waals surface area contributed by atoms with Crippen LogP contribution in [0.15, 0.2) is 41.7 Å². The Hall–Kier alpha value is -3.20. The number of hydrogen-bond acceptors (Lipinski definition) is 6. The molecule has 0 radical (unpaired) electrons. The zero-order chi connectivity index (χ0) is 19.7. The number of carbonyl (C=O) groups excluding carboxylic acids is 1. The number of carbonyl (C=O) groups is 1. The van der Waals surface area contributed by atoms with Crippen molar-refractivity contribution in [3.05, 3.63) is 52.3 Å². The molecule has 0 aromatic carbocycles. The number of anilines is 1. The summed E-state index contributed by atoms with van der Waals surface area (Å²) in [5.41, 5.74) is 1.33. The fraction of sp³-hybridized carbons (Fsp3) is 0.278. The molecule has 10 heteroatoms. The Morgan fingerprint density at radius 2 is 2.18 bits per heavy atom. The van der Waals surface area contributed by atoms with E-state index in [1.807, 2.05) is 0 Å². The Labute approximate surface area is 165 Å². The van der Waals surface area contributed by atoms with Gasteiger partial charge in [-0.05, 0) is 25.0 Å². The number of H-pyrrole nitrogens is 1. The maximum atomic E-state index is 11.9. The van der Waals surface area contributed by atoms with E-state index in [2.05, 4.69) is 30.7 Å². The number of pyridine rings is 1. The van der Waals surface area contributed by atoms with Gasteiger partial charge in [0.1, 0.15) is 5.69 Å². The van der Waals surface area contributed by atoms with Gasteiger partial charge in [0.15, 0.2) is 0 Å². The molecule has 0 spiro atoms. The lowest BCUT2D eigenvalue weighted by atomic mass is 9.80. The largest absolute Gasteiger partial charge is 0.359 e. The Kier molecular flexibility index (Phi) is 4.82. The van der Waals surface area contributed by atoms with Crippen LogP contribution in [0, 0.1) is 5.92 Å². The first kappa shape index (κ1) is 18.2. The summed E-state index contributed by atoms with van der Waals surface area (Å²) in [4.78, 5) is 34.9. The first-order chi connectivity index (χ1) is 13.5. The zero-order valence-corrected chi connectivity index (χ0v) is 15.8. The van der Waals surface area contributed by atoms with Crippen LogP contribution in [0.5, 0.6) is 0 Å². The van der Waals surface area contributed by atoms with Crippen molar-refractivity contribution in [2.75, 3.05) is 12.4 Å². The molecule has 3 N–H and O–H groups in total. The molecule has 3 heterocycles. The molecule has 3 aromatic rings. The topological polar surface area (TPSA) is 118 Å². The number of rotatable bonds is 5. The fourth-order valence-corrected chi connectivity index (χ4v) is 3.35. The maximum Gasteiger partial charge on any atom is 0.273 e. The molecule has 28 heavy (non-hydrogen) atoms. The molecule has 1 amide bonds. The zero-order valence-electron chi connectivity index (χ0n) is 15.0. The first-order valence-corrected chi connectivity index (χ1v) is 9.16. The predicted molar refractivity (Wildman–Crippen MR) is 104 cm³/mol. The molecular formula is C18H18ClN7O2. The summed E-state index contributed by atoms with van der Waals surface area (Å²) >= 11 is 6.27. The number of aromatic nitrogens is 5. The van der Waals surface area contributed by atoms with Crippen LogP contribution in [0.3, 0.4) is 0 Å². The van der Waals surface area contributed by atoms with Gasteiger partial charge in [0, 0.05) is 37.0 Å². The van der Waals surface area contributed by atoms with E-state index in [4.69, 9.17) is 11.6 Å². The summed E-state index contributed by atoms with van der Waals surface area (Å²) < 4.78 is 1.47. The minimum atomic E-state index is -0.246. The van der Waals surface area contributed by atoms with E-state index in [0.29, 0.717) is 27.9 Å². The first-order valence-electron chi connectivity index (χ1n) is 8.79. The van der Waals surface area contributed by atoms with E-state index < -0.39 is 0 Å². The van der Waals surface area contributed by atoms with Gasteiger partial charge in [-0.1, -0.05) is 11.6 Å². The molecular weight excluding hydrogens is 382 g/mol. The third kappa shape index (κ3) is 3.48. The van der Waals surface area contributed by atoms with Gasteiger partial charge in [-0.2, -0.15) is 5.10 Å². The Balaban J connectivity index is 1.53. The van der Waals surface area contributed by atoms with Crippen molar-refractivity contribution in [3.8, 4) is 16.9 Å². The summed E-state index contributed by atoms with van der Waals surface area (Å²) in [5.74, 6) is 0.514. The molecule has 0 unspecified atom stereocenters. The van der Waals surface area contributed by atoms with Gasteiger partial charge < -0.3 is 15.6 Å². The number of halogens is 1. The minimum Gasteiger partial charge on any atom is -0.359 e. The van der Waals surface area contributed by atoms with E-state index in [1.165, 1.54) is 10.9 Å². The lowest BCUT2D eigenvalue weighted by Crippen LogP contribution is -2.43. The third-order valence-corrected chi connectivity index (χ3v) is 5.01. The lowest BCUT2D eigenvalue weighted by molar-refractivity contribution is -0.127. The lowest BCUT2D eigenvalue weighted by Gasteiger charge is -2.34. The van der Waals surface area contributed by atoms with Crippen molar-refractivity contribution in [2.24, 2.45) is 5.92 Å². The molecule has 3 aromatic heterocycles. The summed E-state index contributed by atoms with van der Waals surface area (Å²) in [6.07, 6.45) is 7.83. The second kappa shape index (κ2) is 7.43. The molecule has 1 saturated carbocycles. The van der Waals surface area contributed by atoms with Crippen molar-refractivity contribution in [1.29, 1.82) is 0 Å². The molecule has 0 saturated heterocycles. The van der Waals surface area contributed by atoms with Crippen molar-refractivity contribution >= 4 is 23.5 Å². The Morgan fingerprint density at radius 3 is 2.93 bits per heavy atom. The standard InChI is InChI=1S/C18H18ClN7O2/c1-20-16(27)10-5-12(6-10)24-18-22-8-13(19)15(25-18)11-7-23-26(9-11)14-3-2-4-21-17(14)28/h2-4,7-10,12H,5-6H2,1H3,(H,20,27)(H,21,28)(H,22,24,25). The van der Waals surface area contributed by atoms with Crippen molar-refractivity contribution in [1.82, 2.24) is 30.0 Å². The maximum absolute atomic E-state index is 11.9. The van der Waals surface area contributed by atoms with E-state index in [-0.39, 0.29) is 23.4 Å². The van der Waals surface area contributed by atoms with E-state index in [1.54, 1.807) is 37.8 Å². The third-order valence-electron chi connectivity index (χ3n) is 4.73.